The van der Waals surface area contributed by atoms with E-state index >= 15 is 0 Å². The Morgan fingerprint density at radius 2 is 1.37 bits per heavy atom. The van der Waals surface area contributed by atoms with Crippen LogP contribution in [0.5, 0.6) is 0 Å². The molecule has 2 N–H and O–H groups in total. The van der Waals surface area contributed by atoms with Crippen LogP contribution in [0, 0.1) is 17.8 Å². The lowest BCUT2D eigenvalue weighted by Crippen LogP contribution is -2.54. The Kier molecular flexibility index (Phi) is 18.7. The minimum absolute atomic E-state index is 0. The third-order valence-electron chi connectivity index (χ3n) is 11.9. The average Bonchev–Trinajstić information content (AvgIpc) is 4.02. The van der Waals surface area contributed by atoms with Crippen molar-refractivity contribution < 1.29 is 37.1 Å². The van der Waals surface area contributed by atoms with E-state index in [-0.39, 0.29) is 101 Å². The Bertz CT molecular complexity index is 2440. The largest absolute Gasteiger partial charge is 0.469 e. The van der Waals surface area contributed by atoms with Gasteiger partial charge in [-0.05, 0) is 89.2 Å². The predicted octanol–water partition coefficient (Wildman–Crippen LogP) is 6.90. The summed E-state index contributed by atoms with van der Waals surface area (Å²) in [6.45, 7) is 8.60. The summed E-state index contributed by atoms with van der Waals surface area (Å²) in [5, 5.41) is 4.64. The van der Waals surface area contributed by atoms with E-state index in [4.69, 9.17) is 14.5 Å². The van der Waals surface area contributed by atoms with Crippen molar-refractivity contribution in [3.8, 4) is 22.4 Å². The number of carbonyl (C=O) groups excluding carboxylic acids is 4. The van der Waals surface area contributed by atoms with Gasteiger partial charge in [-0.1, -0.05) is 58.0 Å². The van der Waals surface area contributed by atoms with E-state index in [0.29, 0.717) is 43.0 Å². The first kappa shape index (κ1) is 53.2. The zero-order chi connectivity index (χ0) is 42.2. The number of methoxy groups -OCH3 is 2. The highest BCUT2D eigenvalue weighted by molar-refractivity contribution is 7.90. The summed E-state index contributed by atoms with van der Waals surface area (Å²) in [6, 6.07) is 16.0. The number of likely N-dealkylation sites (tertiary alicyclic amines) is 2. The van der Waals surface area contributed by atoms with Crippen molar-refractivity contribution in [2.24, 2.45) is 22.2 Å². The number of nitrogens with one attached hydrogen (secondary N) is 2. The molecule has 1 aromatic heterocycles. The molecule has 14 nitrogen and oxygen atoms in total. The molecular formula is C44H60N6O8S5. The van der Waals surface area contributed by atoms with Crippen molar-refractivity contribution >= 4 is 104 Å². The van der Waals surface area contributed by atoms with Crippen molar-refractivity contribution in [2.75, 3.05) is 27.3 Å². The SMILES string of the molecule is COC(=O)C[C@H](C(=O)N1CCC[C@H]1c1ncc(-c2ccc3cc(-c4ccc5c(c4)CC([C@@H]4CCCN4C(=O)[C@@H](NC(=O)OC)C(C)C)=NS5(=O)=O)ccc3c2)[nH]1)C(C)C.S.S.S.S. The summed E-state index contributed by atoms with van der Waals surface area (Å²) in [5.74, 6) is -0.729. The molecule has 0 aliphatic carbocycles. The van der Waals surface area contributed by atoms with Crippen LogP contribution in [0.25, 0.3) is 33.2 Å². The molecule has 3 aliphatic heterocycles. The summed E-state index contributed by atoms with van der Waals surface area (Å²) in [4.78, 5) is 63.4. The van der Waals surface area contributed by atoms with E-state index in [1.165, 1.54) is 14.2 Å². The van der Waals surface area contributed by atoms with Gasteiger partial charge < -0.3 is 29.6 Å². The van der Waals surface area contributed by atoms with Crippen molar-refractivity contribution in [2.45, 2.75) is 89.2 Å². The molecule has 3 aliphatic rings. The third-order valence-corrected chi connectivity index (χ3v) is 13.4. The molecule has 0 radical (unpaired) electrons. The third kappa shape index (κ3) is 11.2. The molecule has 4 atom stereocenters. The van der Waals surface area contributed by atoms with Crippen LogP contribution in [0.3, 0.4) is 0 Å². The van der Waals surface area contributed by atoms with Crippen LogP contribution in [-0.2, 0) is 40.3 Å². The number of hydrogen-bond donors (Lipinski definition) is 2. The molecule has 7 rings (SSSR count). The normalized spacial score (nSPS) is 18.4. The zero-order valence-electron chi connectivity index (χ0n) is 36.4. The second-order valence-corrected chi connectivity index (χ2v) is 18.0. The van der Waals surface area contributed by atoms with Gasteiger partial charge in [0.05, 0.1) is 61.1 Å². The minimum Gasteiger partial charge on any atom is -0.469 e. The Hall–Kier alpha value is -4.17. The van der Waals surface area contributed by atoms with Crippen LogP contribution in [0.4, 0.5) is 4.79 Å². The quantitative estimate of drug-likeness (QED) is 0.151. The van der Waals surface area contributed by atoms with E-state index in [0.717, 1.165) is 46.0 Å². The molecule has 3 amide bonds. The number of sulfonamides is 1. The van der Waals surface area contributed by atoms with Gasteiger partial charge in [-0.15, -0.1) is 0 Å². The van der Waals surface area contributed by atoms with Gasteiger partial charge >= 0.3 is 12.1 Å². The fourth-order valence-corrected chi connectivity index (χ4v) is 9.95. The van der Waals surface area contributed by atoms with Gasteiger partial charge in [0, 0.05) is 25.1 Å². The van der Waals surface area contributed by atoms with Crippen LogP contribution < -0.4 is 5.32 Å². The van der Waals surface area contributed by atoms with Crippen molar-refractivity contribution in [1.82, 2.24) is 25.1 Å². The molecule has 344 valence electrons. The number of ether oxygens (including phenoxy) is 2. The molecule has 3 aromatic carbocycles. The van der Waals surface area contributed by atoms with Gasteiger partial charge in [0.1, 0.15) is 11.9 Å². The maximum Gasteiger partial charge on any atom is 0.407 e. The summed E-state index contributed by atoms with van der Waals surface area (Å²) < 4.78 is 40.9. The molecule has 4 aromatic rings. The van der Waals surface area contributed by atoms with Crippen molar-refractivity contribution in [3.63, 3.8) is 0 Å². The lowest BCUT2D eigenvalue weighted by atomic mass is 9.91. The molecule has 0 bridgehead atoms. The first-order chi connectivity index (χ1) is 28.2. The molecular weight excluding hydrogens is 901 g/mol. The molecule has 0 unspecified atom stereocenters. The predicted molar refractivity (Wildman–Crippen MR) is 264 cm³/mol. The summed E-state index contributed by atoms with van der Waals surface area (Å²) >= 11 is 0. The van der Waals surface area contributed by atoms with Crippen LogP contribution >= 0.6 is 54.0 Å². The second-order valence-electron chi connectivity index (χ2n) is 16.4. The fourth-order valence-electron chi connectivity index (χ4n) is 8.66. The van der Waals surface area contributed by atoms with Crippen LogP contribution in [0.15, 0.2) is 70.1 Å². The number of amides is 3. The number of esters is 1. The highest BCUT2D eigenvalue weighted by Gasteiger charge is 2.41. The van der Waals surface area contributed by atoms with E-state index in [1.807, 2.05) is 62.9 Å². The van der Waals surface area contributed by atoms with Gasteiger partial charge in [-0.3, -0.25) is 14.4 Å². The summed E-state index contributed by atoms with van der Waals surface area (Å²) in [5.41, 5.74) is 4.58. The lowest BCUT2D eigenvalue weighted by Gasteiger charge is -2.32. The fraction of sp³-hybridized carbons (Fsp3) is 0.455. The second kappa shape index (κ2) is 22.1. The standard InChI is InChI=1S/C44H52N6O8S.4H2S/c1-25(2)33(23-39(51)57-5)42(52)50-18-8-10-37(50)41-45-24-35(46-41)31-14-13-28-19-27(11-12-29(28)20-31)30-15-16-38-32(21-30)22-34(48-59(38,55)56)36-9-7-17-49(36)43(53)40(26(3)4)47-44(54)58-6;;;;/h11-16,19-21,24-26,33,36-37,40H,7-10,17-18,22-23H2,1-6H3,(H,45,46)(H,47,54);4*1H2/t33-,36-,37-,40-;;;;/m0..../s1. The maximum atomic E-state index is 13.7. The molecule has 2 saturated heterocycles. The van der Waals surface area contributed by atoms with Gasteiger partial charge in [0.2, 0.25) is 11.8 Å². The molecule has 63 heavy (non-hydrogen) atoms. The Labute approximate surface area is 397 Å². The van der Waals surface area contributed by atoms with Gasteiger partial charge in [-0.2, -0.15) is 66.8 Å². The molecule has 19 heteroatoms. The van der Waals surface area contributed by atoms with Gasteiger partial charge in [-0.25, -0.2) is 9.78 Å². The Balaban J connectivity index is 0.00000264. The maximum absolute atomic E-state index is 13.7. The smallest absolute Gasteiger partial charge is 0.407 e. The number of aromatic nitrogens is 2. The van der Waals surface area contributed by atoms with Crippen LogP contribution in [-0.4, -0.2) is 97.2 Å². The number of imidazole rings is 1. The number of hydrogen-bond acceptors (Lipinski definition) is 9. The Morgan fingerprint density at radius 3 is 1.98 bits per heavy atom. The number of H-pyrrole nitrogens is 1. The highest BCUT2D eigenvalue weighted by Crippen LogP contribution is 2.37. The highest BCUT2D eigenvalue weighted by atomic mass is 32.2. The van der Waals surface area contributed by atoms with Gasteiger partial charge in [0.15, 0.2) is 0 Å². The zero-order valence-corrected chi connectivity index (χ0v) is 41.2. The first-order valence-electron chi connectivity index (χ1n) is 20.3. The van der Waals surface area contributed by atoms with E-state index in [1.54, 1.807) is 23.2 Å². The van der Waals surface area contributed by atoms with E-state index in [9.17, 15) is 27.6 Å². The number of alkyl carbamates (subject to hydrolysis) is 1. The van der Waals surface area contributed by atoms with E-state index in [2.05, 4.69) is 26.8 Å². The summed E-state index contributed by atoms with van der Waals surface area (Å²) in [7, 11) is -1.43. The Morgan fingerprint density at radius 1 is 0.778 bits per heavy atom. The molecule has 2 fully saturated rings. The molecule has 4 heterocycles. The number of fused-ring (bicyclic) bond motifs is 2. The lowest BCUT2D eigenvalue weighted by molar-refractivity contribution is -0.148. The first-order valence-corrected chi connectivity index (χ1v) is 21.7. The summed E-state index contributed by atoms with van der Waals surface area (Å²) in [6.07, 6.45) is 4.29. The molecule has 0 saturated carbocycles. The number of nitrogens with zero attached hydrogens (tertiary/aromatic N) is 4. The number of rotatable bonds is 11. The molecule has 0 spiro atoms. The monoisotopic (exact) mass is 960 g/mol. The average molecular weight is 961 g/mol. The van der Waals surface area contributed by atoms with Crippen LogP contribution in [0.2, 0.25) is 0 Å². The topological polar surface area (TPSA) is 180 Å². The minimum atomic E-state index is -4.01. The van der Waals surface area contributed by atoms with Gasteiger partial charge in [0.25, 0.3) is 10.0 Å². The van der Waals surface area contributed by atoms with Crippen LogP contribution in [0.1, 0.15) is 77.2 Å². The number of carbonyl (C=O) groups is 4. The number of benzene rings is 3. The van der Waals surface area contributed by atoms with Crippen molar-refractivity contribution in [3.05, 3.63) is 72.2 Å². The van der Waals surface area contributed by atoms with Crippen molar-refractivity contribution in [1.29, 1.82) is 0 Å². The van der Waals surface area contributed by atoms with E-state index < -0.39 is 40.1 Å². The number of aromatic amines is 1.